The average Bonchev–Trinajstić information content (AvgIpc) is 3.62. The number of anilines is 1. The summed E-state index contributed by atoms with van der Waals surface area (Å²) in [6.07, 6.45) is -3.29. The van der Waals surface area contributed by atoms with Crippen LogP contribution in [-0.4, -0.2) is 50.5 Å². The molecule has 1 atom stereocenters. The van der Waals surface area contributed by atoms with Crippen molar-refractivity contribution in [3.05, 3.63) is 89.7 Å². The van der Waals surface area contributed by atoms with Crippen LogP contribution in [0.25, 0.3) is 17.1 Å². The first-order chi connectivity index (χ1) is 21.4. The van der Waals surface area contributed by atoms with Crippen LogP contribution in [0.2, 0.25) is 0 Å². The van der Waals surface area contributed by atoms with E-state index >= 15 is 0 Å². The van der Waals surface area contributed by atoms with Crippen molar-refractivity contribution in [1.82, 2.24) is 20.1 Å². The minimum absolute atomic E-state index is 0.0376. The highest BCUT2D eigenvalue weighted by atomic mass is 32.2. The lowest BCUT2D eigenvalue weighted by Gasteiger charge is -2.23. The van der Waals surface area contributed by atoms with Gasteiger partial charge in [-0.25, -0.2) is 14.5 Å². The number of aliphatic imine (C=N–C) groups is 1. The smallest absolute Gasteiger partial charge is 0.406 e. The first-order valence-electron chi connectivity index (χ1n) is 14.2. The lowest BCUT2D eigenvalue weighted by Crippen LogP contribution is -2.33. The highest BCUT2D eigenvalue weighted by molar-refractivity contribution is 8.15. The number of carbonyl (C=O) groups is 2. The van der Waals surface area contributed by atoms with Gasteiger partial charge in [0.15, 0.2) is 11.0 Å². The zero-order chi connectivity index (χ0) is 32.3. The van der Waals surface area contributed by atoms with Crippen molar-refractivity contribution in [2.75, 3.05) is 17.2 Å². The summed E-state index contributed by atoms with van der Waals surface area (Å²) in [5.41, 5.74) is 5.13. The third kappa shape index (κ3) is 7.54. The maximum atomic E-state index is 12.8. The van der Waals surface area contributed by atoms with Crippen LogP contribution < -0.4 is 15.0 Å². The van der Waals surface area contributed by atoms with Gasteiger partial charge in [0.05, 0.1) is 17.1 Å². The van der Waals surface area contributed by atoms with Crippen LogP contribution in [0.15, 0.2) is 78.0 Å². The summed E-state index contributed by atoms with van der Waals surface area (Å²) in [5, 5.41) is 7.64. The van der Waals surface area contributed by atoms with Crippen molar-refractivity contribution in [2.45, 2.75) is 45.9 Å². The van der Waals surface area contributed by atoms with Gasteiger partial charge < -0.3 is 10.1 Å². The third-order valence-electron chi connectivity index (χ3n) is 7.21. The molecule has 1 saturated heterocycles. The molecule has 13 heteroatoms. The second kappa shape index (κ2) is 13.1. The second-order valence-electron chi connectivity index (χ2n) is 10.8. The van der Waals surface area contributed by atoms with E-state index in [4.69, 9.17) is 0 Å². The highest BCUT2D eigenvalue weighted by Crippen LogP contribution is 2.35. The molecule has 234 valence electrons. The molecular weight excluding hydrogens is 605 g/mol. The van der Waals surface area contributed by atoms with Crippen molar-refractivity contribution in [2.24, 2.45) is 4.99 Å². The number of urea groups is 1. The Bertz CT molecular complexity index is 1720. The molecule has 4 aromatic rings. The van der Waals surface area contributed by atoms with Gasteiger partial charge in [-0.2, -0.15) is 4.99 Å². The van der Waals surface area contributed by atoms with Gasteiger partial charge in [0, 0.05) is 12.1 Å². The lowest BCUT2D eigenvalue weighted by molar-refractivity contribution is -0.274. The zero-order valence-electron chi connectivity index (χ0n) is 25.0. The van der Waals surface area contributed by atoms with E-state index in [1.165, 1.54) is 47.0 Å². The predicted octanol–water partition coefficient (Wildman–Crippen LogP) is 7.21. The third-order valence-corrected chi connectivity index (χ3v) is 8.13. The number of benzene rings is 3. The fraction of sp³-hybridized carbons (Fsp3) is 0.281. The lowest BCUT2D eigenvalue weighted by atomic mass is 9.95. The molecule has 9 nitrogen and oxygen atoms in total. The number of rotatable bonds is 8. The van der Waals surface area contributed by atoms with Crippen molar-refractivity contribution >= 4 is 34.6 Å². The standard InChI is InChI=1S/C32H31F3N6O3S/c1-19(2)28-20(3)6-5-7-26(28)41-27(42)17-45-31(41)38-30(43)36-16-21(4)22-8-10-23(11-9-22)29-37-18-40(39-29)24-12-14-25(15-13-24)44-32(33,34)35/h5-15,18-19,21H,16-17H2,1-4H3,(H,36,43). The largest absolute Gasteiger partial charge is 0.573 e. The number of hydrogen-bond acceptors (Lipinski definition) is 6. The molecule has 2 heterocycles. The van der Waals surface area contributed by atoms with E-state index in [9.17, 15) is 22.8 Å². The van der Waals surface area contributed by atoms with Gasteiger partial charge in [0.25, 0.3) is 0 Å². The first-order valence-corrected chi connectivity index (χ1v) is 15.2. The summed E-state index contributed by atoms with van der Waals surface area (Å²) < 4.78 is 42.6. The van der Waals surface area contributed by atoms with E-state index in [-0.39, 0.29) is 29.2 Å². The van der Waals surface area contributed by atoms with Crippen LogP contribution in [0.3, 0.4) is 0 Å². The van der Waals surface area contributed by atoms with Crippen molar-refractivity contribution < 1.29 is 27.5 Å². The van der Waals surface area contributed by atoms with Crippen LogP contribution in [0.1, 0.15) is 49.3 Å². The number of aromatic nitrogens is 3. The van der Waals surface area contributed by atoms with E-state index in [1.54, 1.807) is 4.90 Å². The highest BCUT2D eigenvalue weighted by Gasteiger charge is 2.33. The Morgan fingerprint density at radius 3 is 2.44 bits per heavy atom. The van der Waals surface area contributed by atoms with Gasteiger partial charge in [-0.05, 0) is 65.8 Å². The van der Waals surface area contributed by atoms with Crippen LogP contribution >= 0.6 is 11.8 Å². The molecule has 1 unspecified atom stereocenters. The number of aryl methyl sites for hydroxylation is 1. The number of thioether (sulfide) groups is 1. The fourth-order valence-corrected chi connectivity index (χ4v) is 5.92. The Kier molecular flexibility index (Phi) is 9.28. The number of halogens is 3. The molecule has 3 aromatic carbocycles. The summed E-state index contributed by atoms with van der Waals surface area (Å²) in [5.74, 6) is 0.380. The second-order valence-corrected chi connectivity index (χ2v) is 11.8. The molecule has 0 bridgehead atoms. The van der Waals surface area contributed by atoms with Gasteiger partial charge in [-0.1, -0.05) is 68.9 Å². The molecule has 5 rings (SSSR count). The predicted molar refractivity (Wildman–Crippen MR) is 168 cm³/mol. The van der Waals surface area contributed by atoms with E-state index < -0.39 is 12.4 Å². The quantitative estimate of drug-likeness (QED) is 0.219. The van der Waals surface area contributed by atoms with E-state index in [0.717, 1.165) is 27.9 Å². The number of nitrogens with zero attached hydrogens (tertiary/aromatic N) is 5. The Balaban J connectivity index is 1.20. The maximum absolute atomic E-state index is 12.8. The minimum atomic E-state index is -4.76. The van der Waals surface area contributed by atoms with Gasteiger partial charge in [-0.3, -0.25) is 9.69 Å². The van der Waals surface area contributed by atoms with Crippen molar-refractivity contribution in [3.63, 3.8) is 0 Å². The monoisotopic (exact) mass is 636 g/mol. The molecular formula is C32H31F3N6O3S. The Morgan fingerprint density at radius 2 is 1.78 bits per heavy atom. The molecule has 0 saturated carbocycles. The van der Waals surface area contributed by atoms with Gasteiger partial charge in [0.2, 0.25) is 5.91 Å². The number of ether oxygens (including phenoxy) is 1. The van der Waals surface area contributed by atoms with E-state index in [2.05, 4.69) is 39.0 Å². The number of alkyl halides is 3. The topological polar surface area (TPSA) is 102 Å². The molecule has 0 aliphatic carbocycles. The molecule has 45 heavy (non-hydrogen) atoms. The molecule has 1 N–H and O–H groups in total. The van der Waals surface area contributed by atoms with E-state index in [0.29, 0.717) is 23.2 Å². The number of amides is 3. The molecule has 0 spiro atoms. The van der Waals surface area contributed by atoms with E-state index in [1.807, 2.05) is 56.3 Å². The summed E-state index contributed by atoms with van der Waals surface area (Å²) in [7, 11) is 0. The molecule has 1 aromatic heterocycles. The molecule has 1 aliphatic rings. The maximum Gasteiger partial charge on any atom is 0.573 e. The van der Waals surface area contributed by atoms with Crippen LogP contribution in [0.4, 0.5) is 23.7 Å². The Labute approximate surface area is 262 Å². The van der Waals surface area contributed by atoms with Gasteiger partial charge in [0.1, 0.15) is 12.1 Å². The van der Waals surface area contributed by atoms with Crippen molar-refractivity contribution in [3.8, 4) is 22.8 Å². The Morgan fingerprint density at radius 1 is 1.07 bits per heavy atom. The summed E-state index contributed by atoms with van der Waals surface area (Å²) >= 11 is 1.25. The van der Waals surface area contributed by atoms with Gasteiger partial charge in [-0.15, -0.1) is 18.3 Å². The number of hydrogen-bond donors (Lipinski definition) is 1. The fourth-order valence-electron chi connectivity index (χ4n) is 5.06. The molecule has 1 fully saturated rings. The molecule has 1 aliphatic heterocycles. The molecule has 3 amide bonds. The minimum Gasteiger partial charge on any atom is -0.406 e. The summed E-state index contributed by atoms with van der Waals surface area (Å²) in [4.78, 5) is 35.7. The van der Waals surface area contributed by atoms with Crippen LogP contribution in [-0.2, 0) is 4.79 Å². The zero-order valence-corrected chi connectivity index (χ0v) is 25.8. The first kappa shape index (κ1) is 31.8. The van der Waals surface area contributed by atoms with Crippen molar-refractivity contribution in [1.29, 1.82) is 0 Å². The van der Waals surface area contributed by atoms with Crippen LogP contribution in [0.5, 0.6) is 5.75 Å². The van der Waals surface area contributed by atoms with Gasteiger partial charge >= 0.3 is 12.4 Å². The summed E-state index contributed by atoms with van der Waals surface area (Å²) in [6.45, 7) is 8.46. The number of carbonyl (C=O) groups excluding carboxylic acids is 2. The average molecular weight is 637 g/mol. The number of nitrogens with one attached hydrogen (secondary N) is 1. The molecule has 0 radical (unpaired) electrons. The Hall–Kier alpha value is -4.65. The normalized spacial score (nSPS) is 15.2. The SMILES string of the molecule is Cc1cccc(N2C(=O)CSC2=NC(=O)NCC(C)c2ccc(-c3ncn(-c4ccc(OC(F)(F)F)cc4)n3)cc2)c1C(C)C. The summed E-state index contributed by atoms with van der Waals surface area (Å²) in [6, 6.07) is 18.2. The number of amidine groups is 1. The van der Waals surface area contributed by atoms with Crippen LogP contribution in [0, 0.1) is 6.92 Å².